The molecule has 0 aromatic heterocycles. The molecule has 2 aromatic rings. The van der Waals surface area contributed by atoms with Crippen LogP contribution in [0.3, 0.4) is 0 Å². The maximum Gasteiger partial charge on any atom is 0.337 e. The molecule has 0 saturated carbocycles. The van der Waals surface area contributed by atoms with Crippen LogP contribution in [0.1, 0.15) is 6.92 Å². The minimum Gasteiger partial charge on any atom is -0.494 e. The highest BCUT2D eigenvalue weighted by atomic mass is 16.5. The fourth-order valence-corrected chi connectivity index (χ4v) is 3.30. The van der Waals surface area contributed by atoms with Crippen molar-refractivity contribution in [2.24, 2.45) is 0 Å². The Morgan fingerprint density at radius 1 is 1.08 bits per heavy atom. The molecule has 6 nitrogen and oxygen atoms in total. The molecule has 2 aliphatic rings. The van der Waals surface area contributed by atoms with Gasteiger partial charge in [0, 0.05) is 6.07 Å². The van der Waals surface area contributed by atoms with E-state index in [1.54, 1.807) is 35.4 Å². The van der Waals surface area contributed by atoms with Crippen molar-refractivity contribution in [2.45, 2.75) is 13.0 Å². The van der Waals surface area contributed by atoms with E-state index in [1.165, 1.54) is 4.90 Å². The molecule has 0 N–H and O–H groups in total. The first-order chi connectivity index (χ1) is 12.1. The lowest BCUT2D eigenvalue weighted by Crippen LogP contribution is -2.41. The number of hydrogen-bond donors (Lipinski definition) is 0. The first kappa shape index (κ1) is 15.4. The molecule has 2 aliphatic heterocycles. The average Bonchev–Trinajstić information content (AvgIpc) is 2.87. The van der Waals surface area contributed by atoms with Gasteiger partial charge in [0.2, 0.25) is 5.69 Å². The van der Waals surface area contributed by atoms with Crippen LogP contribution in [0.4, 0.5) is 21.9 Å². The number of imide groups is 1. The van der Waals surface area contributed by atoms with Crippen LogP contribution in [0, 0.1) is 0 Å². The van der Waals surface area contributed by atoms with Crippen LogP contribution in [0.25, 0.3) is 0 Å². The van der Waals surface area contributed by atoms with E-state index in [0.29, 0.717) is 18.0 Å². The Balaban J connectivity index is 1.74. The minimum absolute atomic E-state index is 0.254. The third-order valence-corrected chi connectivity index (χ3v) is 4.44. The summed E-state index contributed by atoms with van der Waals surface area (Å²) in [6.07, 6.45) is 1.77. The molecule has 1 saturated heterocycles. The largest absolute Gasteiger partial charge is 0.494 e. The maximum atomic E-state index is 13.0. The van der Waals surface area contributed by atoms with E-state index in [1.807, 2.05) is 42.8 Å². The molecule has 1 atom stereocenters. The number of para-hydroxylation sites is 2. The molecule has 0 spiro atoms. The fourth-order valence-electron chi connectivity index (χ4n) is 3.30. The first-order valence-electron chi connectivity index (χ1n) is 8.18. The fraction of sp³-hybridized carbons (Fsp3) is 0.211. The summed E-state index contributed by atoms with van der Waals surface area (Å²) in [5.41, 5.74) is 2.18. The second-order valence-corrected chi connectivity index (χ2v) is 5.95. The number of carbonyl (C=O) groups is 2. The zero-order chi connectivity index (χ0) is 17.6. The van der Waals surface area contributed by atoms with E-state index in [-0.39, 0.29) is 11.9 Å². The number of ether oxygens (including phenoxy) is 1. The van der Waals surface area contributed by atoms with Crippen molar-refractivity contribution >= 4 is 35.2 Å². The second-order valence-electron chi connectivity index (χ2n) is 5.95. The van der Waals surface area contributed by atoms with E-state index in [0.717, 1.165) is 11.4 Å². The van der Waals surface area contributed by atoms with Crippen molar-refractivity contribution in [3.05, 3.63) is 48.5 Å². The Kier molecular flexibility index (Phi) is 3.53. The number of hydrogen-bond acceptors (Lipinski definition) is 3. The highest BCUT2D eigenvalue weighted by molar-refractivity contribution is 6.33. The van der Waals surface area contributed by atoms with Gasteiger partial charge in [0.25, 0.3) is 5.91 Å². The van der Waals surface area contributed by atoms with E-state index >= 15 is 0 Å². The molecule has 0 bridgehead atoms. The van der Waals surface area contributed by atoms with Crippen molar-refractivity contribution < 1.29 is 18.9 Å². The smallest absolute Gasteiger partial charge is 0.337 e. The van der Waals surface area contributed by atoms with Crippen LogP contribution in [-0.4, -0.2) is 42.4 Å². The average molecular weight is 336 g/mol. The van der Waals surface area contributed by atoms with Crippen LogP contribution in [0.15, 0.2) is 48.5 Å². The second kappa shape index (κ2) is 5.73. The summed E-state index contributed by atoms with van der Waals surface area (Å²) < 4.78 is 7.31. The van der Waals surface area contributed by atoms with Crippen molar-refractivity contribution in [3.8, 4) is 5.75 Å². The number of benzene rings is 2. The van der Waals surface area contributed by atoms with E-state index in [4.69, 9.17) is 4.74 Å². The highest BCUT2D eigenvalue weighted by Gasteiger charge is 2.51. The van der Waals surface area contributed by atoms with Gasteiger partial charge >= 0.3 is 6.03 Å². The Morgan fingerprint density at radius 2 is 1.80 bits per heavy atom. The molecule has 126 valence electrons. The van der Waals surface area contributed by atoms with Crippen LogP contribution in [0.5, 0.6) is 5.75 Å². The molecular formula is C19H18N3O3+. The number of fused-ring (bicyclic) bond motifs is 3. The third kappa shape index (κ3) is 2.29. The number of urea groups is 1. The van der Waals surface area contributed by atoms with Crippen LogP contribution >= 0.6 is 0 Å². The third-order valence-electron chi connectivity index (χ3n) is 4.44. The van der Waals surface area contributed by atoms with E-state index in [2.05, 4.69) is 0 Å². The standard InChI is InChI=1S/C19H18N3O3/c1-3-25-14-10-8-13(9-11-14)21-18(23)17-12-20(2)15-6-4-5-7-16(15)22(17)19(21)24/h4-12,17H,3H2,1-2H3/q+1. The lowest BCUT2D eigenvalue weighted by molar-refractivity contribution is -0.401. The highest BCUT2D eigenvalue weighted by Crippen LogP contribution is 2.37. The molecular weight excluding hydrogens is 318 g/mol. The van der Waals surface area contributed by atoms with E-state index in [9.17, 15) is 9.59 Å². The van der Waals surface area contributed by atoms with Gasteiger partial charge in [-0.2, -0.15) is 0 Å². The Morgan fingerprint density at radius 3 is 2.52 bits per heavy atom. The van der Waals surface area contributed by atoms with Crippen molar-refractivity contribution in [2.75, 3.05) is 23.5 Å². The number of carbonyl (C=O) groups excluding carboxylic acids is 2. The molecule has 2 heterocycles. The SMILES string of the molecule is CCOc1ccc(N2C(=O)C3C=[N+](C)c4ccccc4N3C2=O)cc1. The van der Waals surface area contributed by atoms with Crippen LogP contribution in [0.2, 0.25) is 0 Å². The molecule has 1 unspecified atom stereocenters. The Hall–Kier alpha value is -3.15. The Bertz CT molecular complexity index is 889. The molecule has 0 aliphatic carbocycles. The number of nitrogens with zero attached hydrogens (tertiary/aromatic N) is 3. The summed E-state index contributed by atoms with van der Waals surface area (Å²) in [5.74, 6) is 0.454. The monoisotopic (exact) mass is 336 g/mol. The topological polar surface area (TPSA) is 52.9 Å². The first-order valence-corrected chi connectivity index (χ1v) is 8.18. The summed E-state index contributed by atoms with van der Waals surface area (Å²) in [6.45, 7) is 2.47. The minimum atomic E-state index is -0.626. The predicted octanol–water partition coefficient (Wildman–Crippen LogP) is 2.79. The zero-order valence-corrected chi connectivity index (χ0v) is 14.0. The number of rotatable bonds is 3. The summed E-state index contributed by atoms with van der Waals surface area (Å²) in [6, 6.07) is 13.6. The van der Waals surface area contributed by atoms with E-state index < -0.39 is 6.04 Å². The van der Waals surface area contributed by atoms with Gasteiger partial charge in [-0.1, -0.05) is 12.1 Å². The summed E-state index contributed by atoms with van der Waals surface area (Å²) in [5, 5.41) is 0. The lowest BCUT2D eigenvalue weighted by Gasteiger charge is -2.22. The predicted molar refractivity (Wildman–Crippen MR) is 95.1 cm³/mol. The molecule has 4 rings (SSSR count). The molecule has 2 aromatic carbocycles. The summed E-state index contributed by atoms with van der Waals surface area (Å²) >= 11 is 0. The van der Waals surface area contributed by atoms with Crippen molar-refractivity contribution in [1.29, 1.82) is 0 Å². The maximum absolute atomic E-state index is 13.0. The van der Waals surface area contributed by atoms with Crippen LogP contribution in [-0.2, 0) is 4.79 Å². The molecule has 1 fully saturated rings. The lowest BCUT2D eigenvalue weighted by atomic mass is 10.1. The van der Waals surface area contributed by atoms with Crippen molar-refractivity contribution in [1.82, 2.24) is 0 Å². The van der Waals surface area contributed by atoms with Gasteiger partial charge in [0.05, 0.1) is 12.3 Å². The van der Waals surface area contributed by atoms with Crippen molar-refractivity contribution in [3.63, 3.8) is 0 Å². The van der Waals surface area contributed by atoms with Gasteiger partial charge in [0.15, 0.2) is 12.3 Å². The van der Waals surface area contributed by atoms with Crippen LogP contribution < -0.4 is 14.5 Å². The quantitative estimate of drug-likeness (QED) is 0.640. The molecule has 3 amide bonds. The zero-order valence-electron chi connectivity index (χ0n) is 14.0. The molecule has 25 heavy (non-hydrogen) atoms. The number of amides is 3. The summed E-state index contributed by atoms with van der Waals surface area (Å²) in [7, 11) is 1.88. The summed E-state index contributed by atoms with van der Waals surface area (Å²) in [4.78, 5) is 28.7. The van der Waals surface area contributed by atoms with Gasteiger partial charge in [-0.25, -0.2) is 14.3 Å². The van der Waals surface area contributed by atoms with Gasteiger partial charge in [-0.15, -0.1) is 0 Å². The molecule has 0 radical (unpaired) electrons. The van der Waals surface area contributed by atoms with Gasteiger partial charge < -0.3 is 4.74 Å². The number of anilines is 2. The van der Waals surface area contributed by atoms with Gasteiger partial charge in [-0.05, 0) is 37.3 Å². The Labute approximate surface area is 145 Å². The van der Waals surface area contributed by atoms with Gasteiger partial charge in [0.1, 0.15) is 18.5 Å². The van der Waals surface area contributed by atoms with Gasteiger partial charge in [-0.3, -0.25) is 9.69 Å². The molecule has 6 heteroatoms. The normalized spacial score (nSPS) is 18.8.